The molecule has 2 N–H and O–H groups in total. The van der Waals surface area contributed by atoms with Crippen LogP contribution in [0.1, 0.15) is 46.0 Å². The molecule has 2 rings (SSSR count). The van der Waals surface area contributed by atoms with Gasteiger partial charge in [0.1, 0.15) is 0 Å². The molecule has 1 atom stereocenters. The van der Waals surface area contributed by atoms with E-state index >= 15 is 0 Å². The van der Waals surface area contributed by atoms with E-state index in [4.69, 9.17) is 0 Å². The molecule has 20 heavy (non-hydrogen) atoms. The number of hydrogen-bond donors (Lipinski definition) is 2. The fourth-order valence-corrected chi connectivity index (χ4v) is 3.35. The molecule has 0 aromatic carbocycles. The Balaban J connectivity index is 0.00000200. The van der Waals surface area contributed by atoms with E-state index in [0.717, 1.165) is 37.9 Å². The van der Waals surface area contributed by atoms with E-state index in [0.29, 0.717) is 6.04 Å². The van der Waals surface area contributed by atoms with E-state index in [1.165, 1.54) is 38.8 Å². The summed E-state index contributed by atoms with van der Waals surface area (Å²) >= 11 is 0. The molecule has 118 valence electrons. The molecule has 1 fully saturated rings. The molecule has 2 aliphatic rings. The molecule has 5 heteroatoms. The van der Waals surface area contributed by atoms with Crippen LogP contribution in [0.15, 0.2) is 4.99 Å². The van der Waals surface area contributed by atoms with Gasteiger partial charge in [-0.2, -0.15) is 0 Å². The Morgan fingerprint density at radius 1 is 1.20 bits per heavy atom. The molecule has 0 aromatic heterocycles. The maximum absolute atomic E-state index is 4.51. The van der Waals surface area contributed by atoms with Gasteiger partial charge in [-0.15, -0.1) is 24.0 Å². The highest BCUT2D eigenvalue weighted by Gasteiger charge is 2.27. The molecule has 0 aliphatic carbocycles. The Hall–Kier alpha value is -0.0400. The molecular formula is C15H31IN4. The van der Waals surface area contributed by atoms with Gasteiger partial charge in [0.15, 0.2) is 5.96 Å². The van der Waals surface area contributed by atoms with Crippen molar-refractivity contribution in [3.8, 4) is 0 Å². The predicted octanol–water partition coefficient (Wildman–Crippen LogP) is 2.44. The monoisotopic (exact) mass is 394 g/mol. The molecule has 0 bridgehead atoms. The summed E-state index contributed by atoms with van der Waals surface area (Å²) in [4.78, 5) is 7.20. The molecule has 0 amide bonds. The maximum atomic E-state index is 4.51. The fourth-order valence-electron chi connectivity index (χ4n) is 3.35. The van der Waals surface area contributed by atoms with Crippen molar-refractivity contribution in [2.45, 2.75) is 52.0 Å². The van der Waals surface area contributed by atoms with Crippen LogP contribution in [0.5, 0.6) is 0 Å². The van der Waals surface area contributed by atoms with Crippen LogP contribution in [0.25, 0.3) is 0 Å². The molecular weight excluding hydrogens is 363 g/mol. The number of nitrogens with zero attached hydrogens (tertiary/aromatic N) is 2. The third-order valence-electron chi connectivity index (χ3n) is 4.58. The maximum Gasteiger partial charge on any atom is 0.191 e. The lowest BCUT2D eigenvalue weighted by Crippen LogP contribution is -2.50. The van der Waals surface area contributed by atoms with Crippen molar-refractivity contribution >= 4 is 29.9 Å². The molecule has 1 saturated heterocycles. The molecule has 2 aliphatic heterocycles. The van der Waals surface area contributed by atoms with Gasteiger partial charge >= 0.3 is 0 Å². The van der Waals surface area contributed by atoms with Crippen LogP contribution in [0.2, 0.25) is 0 Å². The van der Waals surface area contributed by atoms with Crippen molar-refractivity contribution in [2.24, 2.45) is 10.9 Å². The fraction of sp³-hybridized carbons (Fsp3) is 0.933. The first kappa shape index (κ1) is 18.0. The second kappa shape index (κ2) is 9.82. The second-order valence-electron chi connectivity index (χ2n) is 5.78. The van der Waals surface area contributed by atoms with Crippen LogP contribution in [0, 0.1) is 5.92 Å². The molecule has 1 unspecified atom stereocenters. The summed E-state index contributed by atoms with van der Waals surface area (Å²) in [5, 5.41) is 6.91. The normalized spacial score (nSPS) is 21.1. The van der Waals surface area contributed by atoms with Gasteiger partial charge in [0.2, 0.25) is 0 Å². The van der Waals surface area contributed by atoms with Crippen LogP contribution in [0.3, 0.4) is 0 Å². The largest absolute Gasteiger partial charge is 0.356 e. The highest BCUT2D eigenvalue weighted by Crippen LogP contribution is 2.22. The Morgan fingerprint density at radius 2 is 1.90 bits per heavy atom. The number of guanidine groups is 1. The minimum atomic E-state index is 0. The Kier molecular flexibility index (Phi) is 8.84. The minimum absolute atomic E-state index is 0. The van der Waals surface area contributed by atoms with E-state index in [1.807, 2.05) is 0 Å². The van der Waals surface area contributed by atoms with Crippen molar-refractivity contribution in [3.05, 3.63) is 0 Å². The quantitative estimate of drug-likeness (QED) is 0.680. The number of nitrogens with one attached hydrogen (secondary N) is 2. The van der Waals surface area contributed by atoms with Crippen LogP contribution in [-0.4, -0.2) is 49.6 Å². The number of rotatable bonds is 6. The summed E-state index contributed by atoms with van der Waals surface area (Å²) in [7, 11) is 0. The molecule has 0 spiro atoms. The van der Waals surface area contributed by atoms with E-state index < -0.39 is 0 Å². The highest BCUT2D eigenvalue weighted by molar-refractivity contribution is 14.0. The Morgan fingerprint density at radius 3 is 2.45 bits per heavy atom. The molecule has 2 heterocycles. The molecule has 4 nitrogen and oxygen atoms in total. The van der Waals surface area contributed by atoms with E-state index in [9.17, 15) is 0 Å². The topological polar surface area (TPSA) is 39.7 Å². The second-order valence-corrected chi connectivity index (χ2v) is 5.78. The van der Waals surface area contributed by atoms with Gasteiger partial charge in [0.25, 0.3) is 0 Å². The third-order valence-corrected chi connectivity index (χ3v) is 4.58. The summed E-state index contributed by atoms with van der Waals surface area (Å²) in [6.07, 6.45) is 6.46. The van der Waals surface area contributed by atoms with E-state index in [-0.39, 0.29) is 24.0 Å². The van der Waals surface area contributed by atoms with Crippen molar-refractivity contribution in [3.63, 3.8) is 0 Å². The van der Waals surface area contributed by atoms with Gasteiger partial charge in [-0.3, -0.25) is 9.89 Å². The number of halogens is 1. The van der Waals surface area contributed by atoms with Gasteiger partial charge in [0, 0.05) is 25.7 Å². The predicted molar refractivity (Wildman–Crippen MR) is 97.0 cm³/mol. The third kappa shape index (κ3) is 5.06. The summed E-state index contributed by atoms with van der Waals surface area (Å²) in [5.41, 5.74) is 0. The Bertz CT molecular complexity index is 284. The van der Waals surface area contributed by atoms with Gasteiger partial charge in [0.05, 0.1) is 0 Å². The van der Waals surface area contributed by atoms with Crippen molar-refractivity contribution in [2.75, 3.05) is 32.7 Å². The zero-order valence-corrected chi connectivity index (χ0v) is 15.4. The SMILES string of the molecule is CCC(CC)C(CNC1=NCCCN1)N1CCCC1.I. The lowest BCUT2D eigenvalue weighted by Gasteiger charge is -2.34. The van der Waals surface area contributed by atoms with Crippen molar-refractivity contribution < 1.29 is 0 Å². The zero-order valence-electron chi connectivity index (χ0n) is 13.0. The minimum Gasteiger partial charge on any atom is -0.356 e. The number of hydrogen-bond acceptors (Lipinski definition) is 4. The van der Waals surface area contributed by atoms with Crippen LogP contribution >= 0.6 is 24.0 Å². The molecule has 0 saturated carbocycles. The highest BCUT2D eigenvalue weighted by atomic mass is 127. The lowest BCUT2D eigenvalue weighted by atomic mass is 9.93. The first-order chi connectivity index (χ1) is 9.35. The van der Waals surface area contributed by atoms with Crippen molar-refractivity contribution in [1.82, 2.24) is 15.5 Å². The first-order valence-corrected chi connectivity index (χ1v) is 8.11. The van der Waals surface area contributed by atoms with Crippen LogP contribution in [0.4, 0.5) is 0 Å². The van der Waals surface area contributed by atoms with Crippen molar-refractivity contribution in [1.29, 1.82) is 0 Å². The van der Waals surface area contributed by atoms with Gasteiger partial charge in [-0.1, -0.05) is 26.7 Å². The number of likely N-dealkylation sites (tertiary alicyclic amines) is 1. The number of aliphatic imine (C=N–C) groups is 1. The van der Waals surface area contributed by atoms with Gasteiger partial charge in [-0.25, -0.2) is 0 Å². The average Bonchev–Trinajstić information content (AvgIpc) is 2.98. The summed E-state index contributed by atoms with van der Waals surface area (Å²) in [6.45, 7) is 10.3. The van der Waals surface area contributed by atoms with E-state index in [1.54, 1.807) is 0 Å². The van der Waals surface area contributed by atoms with E-state index in [2.05, 4.69) is 34.4 Å². The van der Waals surface area contributed by atoms with Gasteiger partial charge in [-0.05, 0) is 38.3 Å². The smallest absolute Gasteiger partial charge is 0.191 e. The van der Waals surface area contributed by atoms with Crippen LogP contribution < -0.4 is 10.6 Å². The lowest BCUT2D eigenvalue weighted by molar-refractivity contribution is 0.166. The molecule has 0 aromatic rings. The average molecular weight is 394 g/mol. The summed E-state index contributed by atoms with van der Waals surface area (Å²) in [6, 6.07) is 0.670. The molecule has 0 radical (unpaired) electrons. The standard InChI is InChI=1S/C15H30N4.HI/c1-3-13(4-2)14(19-10-5-6-11-19)12-18-15-16-8-7-9-17-15;/h13-14H,3-12H2,1-2H3,(H2,16,17,18);1H. The first-order valence-electron chi connectivity index (χ1n) is 8.11. The summed E-state index contributed by atoms with van der Waals surface area (Å²) in [5.74, 6) is 1.82. The zero-order chi connectivity index (χ0) is 13.5. The summed E-state index contributed by atoms with van der Waals surface area (Å²) < 4.78 is 0. The van der Waals surface area contributed by atoms with Gasteiger partial charge < -0.3 is 10.6 Å². The Labute approximate surface area is 141 Å². The van der Waals surface area contributed by atoms with Crippen LogP contribution in [-0.2, 0) is 0 Å².